The Labute approximate surface area is 240 Å². The van der Waals surface area contributed by atoms with Crippen LogP contribution in [0.4, 0.5) is 4.39 Å². The van der Waals surface area contributed by atoms with Gasteiger partial charge in [0.25, 0.3) is 0 Å². The van der Waals surface area contributed by atoms with E-state index in [1.165, 1.54) is 69.1 Å². The molecule has 3 unspecified atom stereocenters. The average molecular weight is 543 g/mol. The monoisotopic (exact) mass is 542 g/mol. The summed E-state index contributed by atoms with van der Waals surface area (Å²) in [6.45, 7) is 19.8. The van der Waals surface area contributed by atoms with E-state index < -0.39 is 0 Å². The number of hydrogen-bond donors (Lipinski definition) is 2. The van der Waals surface area contributed by atoms with Crippen molar-refractivity contribution in [3.63, 3.8) is 0 Å². The summed E-state index contributed by atoms with van der Waals surface area (Å²) in [7, 11) is 2.02. The van der Waals surface area contributed by atoms with Crippen LogP contribution in [0.3, 0.4) is 0 Å². The quantitative estimate of drug-likeness (QED) is 0.352. The van der Waals surface area contributed by atoms with E-state index in [0.717, 1.165) is 34.9 Å². The molecular formula is C35H59FN2O. The molecule has 4 aliphatic rings. The van der Waals surface area contributed by atoms with Crippen molar-refractivity contribution in [2.24, 2.45) is 28.9 Å². The smallest absolute Gasteiger partial charge is 0.129 e. The van der Waals surface area contributed by atoms with Gasteiger partial charge < -0.3 is 15.8 Å². The van der Waals surface area contributed by atoms with Gasteiger partial charge in [0.1, 0.15) is 12.6 Å². The van der Waals surface area contributed by atoms with Crippen LogP contribution >= 0.6 is 0 Å². The minimum absolute atomic E-state index is 0.0856. The van der Waals surface area contributed by atoms with Crippen molar-refractivity contribution in [2.75, 3.05) is 13.6 Å². The third-order valence-corrected chi connectivity index (χ3v) is 8.16. The predicted octanol–water partition coefficient (Wildman–Crippen LogP) is 9.25. The van der Waals surface area contributed by atoms with Crippen molar-refractivity contribution in [3.8, 4) is 0 Å². The predicted molar refractivity (Wildman–Crippen MR) is 169 cm³/mol. The van der Waals surface area contributed by atoms with Crippen LogP contribution in [0.2, 0.25) is 0 Å². The normalized spacial score (nSPS) is 24.3. The molecule has 0 spiro atoms. The van der Waals surface area contributed by atoms with Gasteiger partial charge in [-0.1, -0.05) is 88.0 Å². The Balaban J connectivity index is 0.000000506. The van der Waals surface area contributed by atoms with Crippen molar-refractivity contribution in [2.45, 2.75) is 105 Å². The molecule has 3 atom stereocenters. The van der Waals surface area contributed by atoms with Crippen LogP contribution in [0.5, 0.6) is 0 Å². The van der Waals surface area contributed by atoms with Crippen molar-refractivity contribution in [1.29, 1.82) is 0 Å². The molecule has 3 N–H and O–H groups in total. The van der Waals surface area contributed by atoms with Gasteiger partial charge in [-0.3, -0.25) is 0 Å². The number of fused-ring (bicyclic) bond motifs is 1. The first-order chi connectivity index (χ1) is 18.8. The van der Waals surface area contributed by atoms with Gasteiger partial charge in [0.05, 0.1) is 0 Å². The number of nitrogens with one attached hydrogen (secondary N) is 1. The lowest BCUT2D eigenvalue weighted by molar-refractivity contribution is -0.0980. The summed E-state index contributed by atoms with van der Waals surface area (Å²) in [4.78, 5) is 8.00. The Morgan fingerprint density at radius 3 is 2.08 bits per heavy atom. The third kappa shape index (κ3) is 14.1. The van der Waals surface area contributed by atoms with E-state index in [1.807, 2.05) is 33.8 Å². The summed E-state index contributed by atoms with van der Waals surface area (Å²) >= 11 is 0. The third-order valence-electron chi connectivity index (χ3n) is 8.16. The Morgan fingerprint density at radius 2 is 1.69 bits per heavy atom. The Kier molecular flexibility index (Phi) is 19.5. The molecule has 5 rings (SSSR count). The SMILES string of the molecule is C=C(C)CC1CCCCC1.C=CN.C=O.CC.CNC/C=C1/CC1CC12CCC1C2.Cc1cccc(C)c1F. The molecule has 0 aliphatic heterocycles. The molecule has 0 bridgehead atoms. The highest BCUT2D eigenvalue weighted by Gasteiger charge is 2.62. The number of hydrogen-bond acceptors (Lipinski definition) is 3. The maximum atomic E-state index is 12.7. The van der Waals surface area contributed by atoms with Crippen LogP contribution in [0, 0.1) is 42.8 Å². The zero-order valence-electron chi connectivity index (χ0n) is 26.1. The summed E-state index contributed by atoms with van der Waals surface area (Å²) in [5.74, 6) is 3.06. The standard InChI is InChI=1S/C12H19N.C10H18.C8H9F.C2H5N.C2H6.CH2O/c1-13-5-3-9-6-10(9)7-12-4-2-11(12)8-12;1-9(2)8-10-6-4-3-5-7-10;1-6-4-3-5-7(2)8(6)9;1-2-3;2*1-2/h3,10-11,13H,2,4-8H2,1H3;10H,1,3-8H2,2H3;3-5H,1-2H3;2H,1,3H2;1-2H3;1H2/b9-3-;;;;;. The Bertz CT molecular complexity index is 834. The summed E-state index contributed by atoms with van der Waals surface area (Å²) < 4.78 is 12.7. The second-order valence-electron chi connectivity index (χ2n) is 11.4. The maximum Gasteiger partial charge on any atom is 0.129 e. The first-order valence-corrected chi connectivity index (χ1v) is 15.1. The molecule has 1 aromatic carbocycles. The van der Waals surface area contributed by atoms with E-state index >= 15 is 0 Å². The number of benzene rings is 1. The molecule has 4 saturated carbocycles. The maximum absolute atomic E-state index is 12.7. The van der Waals surface area contributed by atoms with E-state index in [9.17, 15) is 4.39 Å². The number of likely N-dealkylation sites (N-methyl/N-ethyl adjacent to an activating group) is 1. The number of rotatable bonds is 6. The van der Waals surface area contributed by atoms with Crippen molar-refractivity contribution in [3.05, 3.63) is 71.7 Å². The Hall–Kier alpha value is -2.20. The molecule has 0 heterocycles. The molecule has 3 nitrogen and oxygen atoms in total. The minimum atomic E-state index is -0.0856. The summed E-state index contributed by atoms with van der Waals surface area (Å²) in [5.41, 5.74) is 10.0. The number of nitrogens with two attached hydrogens (primary N) is 1. The van der Waals surface area contributed by atoms with Gasteiger partial charge in [0.15, 0.2) is 0 Å². The van der Waals surface area contributed by atoms with Crippen molar-refractivity contribution < 1.29 is 9.18 Å². The van der Waals surface area contributed by atoms with Gasteiger partial charge in [-0.25, -0.2) is 4.39 Å². The van der Waals surface area contributed by atoms with E-state index in [2.05, 4.69) is 37.2 Å². The van der Waals surface area contributed by atoms with Crippen molar-refractivity contribution in [1.82, 2.24) is 5.32 Å². The summed E-state index contributed by atoms with van der Waals surface area (Å²) in [6.07, 6.45) is 19.8. The largest absolute Gasteiger partial charge is 0.405 e. The van der Waals surface area contributed by atoms with Gasteiger partial charge >= 0.3 is 0 Å². The van der Waals surface area contributed by atoms with Crippen LogP contribution < -0.4 is 11.1 Å². The molecule has 1 aromatic rings. The van der Waals surface area contributed by atoms with E-state index in [4.69, 9.17) is 4.79 Å². The molecule has 4 heteroatoms. The number of halogens is 1. The highest BCUT2D eigenvalue weighted by atomic mass is 19.1. The van der Waals surface area contributed by atoms with Gasteiger partial charge in [0.2, 0.25) is 0 Å². The molecule has 39 heavy (non-hydrogen) atoms. The second kappa shape index (κ2) is 20.7. The van der Waals surface area contributed by atoms with Crippen molar-refractivity contribution >= 4 is 6.79 Å². The molecule has 0 amide bonds. The first-order valence-electron chi connectivity index (χ1n) is 15.1. The van der Waals surface area contributed by atoms with E-state index in [0.29, 0.717) is 0 Å². The lowest BCUT2D eigenvalue weighted by Gasteiger charge is -2.24. The Morgan fingerprint density at radius 1 is 1.13 bits per heavy atom. The fourth-order valence-electron chi connectivity index (χ4n) is 5.83. The van der Waals surface area contributed by atoms with Crippen LogP contribution in [0.1, 0.15) is 103 Å². The molecular weight excluding hydrogens is 483 g/mol. The van der Waals surface area contributed by atoms with Crippen LogP contribution in [-0.2, 0) is 4.79 Å². The number of carbonyl (C=O) groups is 1. The number of allylic oxidation sites excluding steroid dienone is 2. The average Bonchev–Trinajstić information content (AvgIpc) is 3.80. The lowest BCUT2D eigenvalue weighted by Crippen LogP contribution is -2.14. The topological polar surface area (TPSA) is 55.1 Å². The number of aryl methyl sites for hydroxylation is 2. The van der Waals surface area contributed by atoms with Gasteiger partial charge in [-0.2, -0.15) is 0 Å². The van der Waals surface area contributed by atoms with Crippen LogP contribution in [0.25, 0.3) is 0 Å². The van der Waals surface area contributed by atoms with E-state index in [-0.39, 0.29) is 5.82 Å². The van der Waals surface area contributed by atoms with Crippen LogP contribution in [0.15, 0.2) is 54.8 Å². The second-order valence-corrected chi connectivity index (χ2v) is 11.4. The fourth-order valence-corrected chi connectivity index (χ4v) is 5.83. The summed E-state index contributed by atoms with van der Waals surface area (Å²) in [5, 5.41) is 3.18. The molecule has 4 fully saturated rings. The minimum Gasteiger partial charge on any atom is -0.405 e. The van der Waals surface area contributed by atoms with Gasteiger partial charge in [0, 0.05) is 6.54 Å². The molecule has 0 radical (unpaired) electrons. The van der Waals surface area contributed by atoms with Crippen LogP contribution in [-0.4, -0.2) is 20.4 Å². The lowest BCUT2D eigenvalue weighted by atomic mass is 9.80. The fraction of sp³-hybridized carbons (Fsp3) is 0.629. The molecule has 4 aliphatic carbocycles. The molecule has 0 saturated heterocycles. The van der Waals surface area contributed by atoms with E-state index in [1.54, 1.807) is 50.8 Å². The highest BCUT2D eigenvalue weighted by molar-refractivity contribution is 5.27. The number of carbonyl (C=O) groups excluding carboxylic acids is 1. The van der Waals surface area contributed by atoms with Gasteiger partial charge in [-0.05, 0) is 107 Å². The highest BCUT2D eigenvalue weighted by Crippen LogP contribution is 2.72. The first kappa shape index (κ1) is 36.8. The zero-order chi connectivity index (χ0) is 29.8. The van der Waals surface area contributed by atoms with Gasteiger partial charge in [-0.15, -0.1) is 6.58 Å². The molecule has 222 valence electrons. The zero-order valence-corrected chi connectivity index (χ0v) is 26.1. The summed E-state index contributed by atoms with van der Waals surface area (Å²) in [6, 6.07) is 5.39. The molecule has 0 aromatic heterocycles.